The number of aromatic nitrogens is 4. The van der Waals surface area contributed by atoms with Crippen molar-refractivity contribution in [2.45, 2.75) is 19.5 Å². The fraction of sp³-hybridized carbons (Fsp3) is 0.211. The first-order valence-electron chi connectivity index (χ1n) is 8.48. The molecule has 0 bridgehead atoms. The highest BCUT2D eigenvalue weighted by Gasteiger charge is 2.15. The Morgan fingerprint density at radius 1 is 1.27 bits per heavy atom. The van der Waals surface area contributed by atoms with Crippen LogP contribution >= 0.6 is 0 Å². The van der Waals surface area contributed by atoms with Gasteiger partial charge in [-0.1, -0.05) is 13.0 Å². The van der Waals surface area contributed by atoms with E-state index in [2.05, 4.69) is 55.4 Å². The highest BCUT2D eigenvalue weighted by Crippen LogP contribution is 2.24. The van der Waals surface area contributed by atoms with Gasteiger partial charge in [-0.3, -0.25) is 0 Å². The molecule has 6 nitrogen and oxygen atoms in total. The number of anilines is 1. The van der Waals surface area contributed by atoms with Gasteiger partial charge in [0.25, 0.3) is 0 Å². The second-order valence-electron chi connectivity index (χ2n) is 6.19. The fourth-order valence-electron chi connectivity index (χ4n) is 2.93. The monoisotopic (exact) mass is 350 g/mol. The summed E-state index contributed by atoms with van der Waals surface area (Å²) in [5.74, 6) is 0.685. The van der Waals surface area contributed by atoms with E-state index in [-0.39, 0.29) is 6.17 Å². The number of nitrogens with zero attached hydrogens (tertiary/aromatic N) is 4. The van der Waals surface area contributed by atoms with Crippen LogP contribution in [0, 0.1) is 6.08 Å². The third kappa shape index (κ3) is 3.15. The molecule has 0 saturated heterocycles. The SMILES string of the molecule is CCC1=CC(Nc2nc3ccc(-c4ccnc(F)n4)cc3[nH]2)N(C)C=C1. The minimum Gasteiger partial charge on any atom is -0.357 e. The van der Waals surface area contributed by atoms with E-state index in [4.69, 9.17) is 0 Å². The van der Waals surface area contributed by atoms with Crippen molar-refractivity contribution in [3.05, 3.63) is 60.5 Å². The van der Waals surface area contributed by atoms with Gasteiger partial charge in [-0.25, -0.2) is 15.0 Å². The van der Waals surface area contributed by atoms with E-state index in [9.17, 15) is 4.39 Å². The summed E-state index contributed by atoms with van der Waals surface area (Å²) < 4.78 is 13.3. The molecule has 1 aliphatic rings. The van der Waals surface area contributed by atoms with Crippen LogP contribution < -0.4 is 5.32 Å². The van der Waals surface area contributed by atoms with Crippen LogP contribution in [-0.2, 0) is 0 Å². The van der Waals surface area contributed by atoms with E-state index >= 15 is 0 Å². The molecule has 0 saturated carbocycles. The number of rotatable bonds is 4. The van der Waals surface area contributed by atoms with Crippen LogP contribution in [0.5, 0.6) is 0 Å². The number of aromatic amines is 1. The molecule has 4 rings (SSSR count). The topological polar surface area (TPSA) is 69.7 Å². The Kier molecular flexibility index (Phi) is 4.12. The van der Waals surface area contributed by atoms with Gasteiger partial charge in [-0.15, -0.1) is 0 Å². The van der Waals surface area contributed by atoms with E-state index in [1.54, 1.807) is 6.07 Å². The molecule has 7 heteroatoms. The molecule has 3 aromatic rings. The lowest BCUT2D eigenvalue weighted by Gasteiger charge is -2.28. The third-order valence-electron chi connectivity index (χ3n) is 4.43. The molecule has 1 unspecified atom stereocenters. The van der Waals surface area contributed by atoms with Crippen molar-refractivity contribution in [2.24, 2.45) is 0 Å². The maximum atomic E-state index is 13.3. The summed E-state index contributed by atoms with van der Waals surface area (Å²) in [4.78, 5) is 17.3. The second-order valence-corrected chi connectivity index (χ2v) is 6.19. The number of halogens is 1. The molecule has 0 fully saturated rings. The average Bonchev–Trinajstić information content (AvgIpc) is 3.05. The second kappa shape index (κ2) is 6.59. The lowest BCUT2D eigenvalue weighted by atomic mass is 10.1. The van der Waals surface area contributed by atoms with E-state index < -0.39 is 6.08 Å². The van der Waals surface area contributed by atoms with Gasteiger partial charge in [0.15, 0.2) is 0 Å². The largest absolute Gasteiger partial charge is 0.357 e. The molecule has 1 aliphatic heterocycles. The molecule has 0 spiro atoms. The molecular weight excluding hydrogens is 331 g/mol. The van der Waals surface area contributed by atoms with E-state index in [1.165, 1.54) is 11.8 Å². The normalized spacial score (nSPS) is 16.8. The Labute approximate surface area is 150 Å². The van der Waals surface area contributed by atoms with Crippen LogP contribution in [0.1, 0.15) is 13.3 Å². The van der Waals surface area contributed by atoms with Crippen molar-refractivity contribution in [1.82, 2.24) is 24.8 Å². The molecule has 1 atom stereocenters. The molecule has 132 valence electrons. The van der Waals surface area contributed by atoms with Gasteiger partial charge in [0.1, 0.15) is 6.17 Å². The quantitative estimate of drug-likeness (QED) is 0.702. The third-order valence-corrected chi connectivity index (χ3v) is 4.43. The summed E-state index contributed by atoms with van der Waals surface area (Å²) in [7, 11) is 2.02. The maximum absolute atomic E-state index is 13.3. The molecule has 0 radical (unpaired) electrons. The Hall–Kier alpha value is -3.22. The zero-order valence-corrected chi connectivity index (χ0v) is 14.6. The number of likely N-dealkylation sites (N-methyl/N-ethyl adjacent to an activating group) is 1. The molecule has 26 heavy (non-hydrogen) atoms. The lowest BCUT2D eigenvalue weighted by Crippen LogP contribution is -2.35. The van der Waals surface area contributed by atoms with Gasteiger partial charge in [0, 0.05) is 25.0 Å². The summed E-state index contributed by atoms with van der Waals surface area (Å²) in [6, 6.07) is 7.36. The summed E-state index contributed by atoms with van der Waals surface area (Å²) >= 11 is 0. The average molecular weight is 350 g/mol. The van der Waals surface area contributed by atoms with Gasteiger partial charge in [-0.05, 0) is 42.3 Å². The predicted octanol–water partition coefficient (Wildman–Crippen LogP) is 3.69. The maximum Gasteiger partial charge on any atom is 0.309 e. The van der Waals surface area contributed by atoms with Gasteiger partial charge < -0.3 is 15.2 Å². The molecule has 2 N–H and O–H groups in total. The Bertz CT molecular complexity index is 1010. The van der Waals surface area contributed by atoms with Crippen LogP contribution in [0.2, 0.25) is 0 Å². The number of nitrogens with one attached hydrogen (secondary N) is 2. The standard InChI is InChI=1S/C19H19FN6/c1-3-12-7-9-26(2)17(10-12)25-19-23-15-5-4-13(11-16(15)24-19)14-6-8-21-18(20)22-14/h4-11,17H,3H2,1-2H3,(H2,23,24,25). The zero-order chi connectivity index (χ0) is 18.1. The Morgan fingerprint density at radius 3 is 2.96 bits per heavy atom. The summed E-state index contributed by atoms with van der Waals surface area (Å²) in [6.45, 7) is 2.14. The summed E-state index contributed by atoms with van der Waals surface area (Å²) in [6.07, 6.45) is 8.05. The van der Waals surface area contributed by atoms with Crippen LogP contribution in [0.4, 0.5) is 10.3 Å². The van der Waals surface area contributed by atoms with Crippen molar-refractivity contribution in [3.63, 3.8) is 0 Å². The number of imidazole rings is 1. The summed E-state index contributed by atoms with van der Waals surface area (Å²) in [5.41, 5.74) is 4.32. The minimum atomic E-state index is -0.735. The van der Waals surface area contributed by atoms with Crippen LogP contribution in [0.3, 0.4) is 0 Å². The van der Waals surface area contributed by atoms with Crippen molar-refractivity contribution in [2.75, 3.05) is 12.4 Å². The van der Waals surface area contributed by atoms with Crippen molar-refractivity contribution in [3.8, 4) is 11.3 Å². The number of allylic oxidation sites excluding steroid dienone is 2. The first kappa shape index (κ1) is 16.3. The van der Waals surface area contributed by atoms with Gasteiger partial charge in [0.05, 0.1) is 16.7 Å². The number of benzene rings is 1. The molecular formula is C19H19FN6. The molecule has 3 heterocycles. The van der Waals surface area contributed by atoms with Crippen LogP contribution in [0.25, 0.3) is 22.3 Å². The highest BCUT2D eigenvalue weighted by atomic mass is 19.1. The van der Waals surface area contributed by atoms with Crippen molar-refractivity contribution >= 4 is 17.0 Å². The molecule has 0 amide bonds. The predicted molar refractivity (Wildman–Crippen MR) is 99.8 cm³/mol. The first-order valence-corrected chi connectivity index (χ1v) is 8.48. The van der Waals surface area contributed by atoms with Gasteiger partial charge in [-0.2, -0.15) is 4.39 Å². The number of hydrogen-bond donors (Lipinski definition) is 2. The van der Waals surface area contributed by atoms with Gasteiger partial charge >= 0.3 is 6.08 Å². The highest BCUT2D eigenvalue weighted by molar-refractivity contribution is 5.82. The Morgan fingerprint density at radius 2 is 2.15 bits per heavy atom. The molecule has 0 aliphatic carbocycles. The minimum absolute atomic E-state index is 0.0333. The van der Waals surface area contributed by atoms with Crippen molar-refractivity contribution in [1.29, 1.82) is 0 Å². The van der Waals surface area contributed by atoms with E-state index in [0.29, 0.717) is 11.6 Å². The number of hydrogen-bond acceptors (Lipinski definition) is 5. The first-order chi connectivity index (χ1) is 12.6. The fourth-order valence-corrected chi connectivity index (χ4v) is 2.93. The van der Waals surface area contributed by atoms with Crippen molar-refractivity contribution < 1.29 is 4.39 Å². The van der Waals surface area contributed by atoms with Crippen LogP contribution in [0.15, 0.2) is 54.4 Å². The van der Waals surface area contributed by atoms with Crippen LogP contribution in [-0.4, -0.2) is 38.0 Å². The number of H-pyrrole nitrogens is 1. The molecule has 1 aromatic carbocycles. The summed E-state index contributed by atoms with van der Waals surface area (Å²) in [5, 5.41) is 3.40. The van der Waals surface area contributed by atoms with Gasteiger partial charge in [0.2, 0.25) is 5.95 Å². The lowest BCUT2D eigenvalue weighted by molar-refractivity contribution is 0.407. The zero-order valence-electron chi connectivity index (χ0n) is 14.6. The molecule has 2 aromatic heterocycles. The smallest absolute Gasteiger partial charge is 0.309 e. The van der Waals surface area contributed by atoms with E-state index in [0.717, 1.165) is 23.0 Å². The number of fused-ring (bicyclic) bond motifs is 1. The van der Waals surface area contributed by atoms with E-state index in [1.807, 2.05) is 25.2 Å². The Balaban J connectivity index is 1.62.